The average Bonchev–Trinajstić information content (AvgIpc) is 2.48. The van der Waals surface area contributed by atoms with Crippen molar-refractivity contribution in [1.29, 1.82) is 0 Å². The van der Waals surface area contributed by atoms with Crippen molar-refractivity contribution < 1.29 is 9.52 Å². The third-order valence-electron chi connectivity index (χ3n) is 3.11. The van der Waals surface area contributed by atoms with Crippen molar-refractivity contribution in [2.24, 2.45) is 0 Å². The first-order valence-electron chi connectivity index (χ1n) is 6.37. The zero-order chi connectivity index (χ0) is 14.8. The highest BCUT2D eigenvalue weighted by Gasteiger charge is 2.07. The number of halogens is 1. The summed E-state index contributed by atoms with van der Waals surface area (Å²) in [5.41, 5.74) is 1.18. The maximum atomic E-state index is 12.0. The molecule has 0 aliphatic rings. The molecule has 0 amide bonds. The molecule has 0 radical (unpaired) electrons. The minimum absolute atomic E-state index is 0.146. The topological polar surface area (TPSA) is 62.5 Å². The van der Waals surface area contributed by atoms with E-state index in [4.69, 9.17) is 16.0 Å². The van der Waals surface area contributed by atoms with Crippen LogP contribution in [0.2, 0.25) is 5.02 Å². The number of benzene rings is 2. The molecule has 0 unspecified atom stereocenters. The van der Waals surface area contributed by atoms with E-state index in [2.05, 4.69) is 5.32 Å². The second-order valence-electron chi connectivity index (χ2n) is 4.61. The number of rotatable bonds is 3. The van der Waals surface area contributed by atoms with Gasteiger partial charge in [-0.15, -0.1) is 0 Å². The maximum Gasteiger partial charge on any atom is 0.197 e. The van der Waals surface area contributed by atoms with Gasteiger partial charge in [0.1, 0.15) is 5.75 Å². The highest BCUT2D eigenvalue weighted by molar-refractivity contribution is 6.34. The largest absolute Gasteiger partial charge is 0.508 e. The Hall–Kier alpha value is -2.46. The molecule has 106 valence electrons. The summed E-state index contributed by atoms with van der Waals surface area (Å²) in [7, 11) is 0. The zero-order valence-electron chi connectivity index (χ0n) is 11.0. The summed E-state index contributed by atoms with van der Waals surface area (Å²) in [4.78, 5) is 12.0. The number of nitrogens with one attached hydrogen (secondary N) is 1. The predicted molar refractivity (Wildman–Crippen MR) is 82.9 cm³/mol. The van der Waals surface area contributed by atoms with Gasteiger partial charge in [0.25, 0.3) is 0 Å². The summed E-state index contributed by atoms with van der Waals surface area (Å²) < 4.78 is 5.63. The molecule has 0 aliphatic heterocycles. The minimum atomic E-state index is -0.146. The van der Waals surface area contributed by atoms with E-state index < -0.39 is 0 Å². The van der Waals surface area contributed by atoms with E-state index in [1.54, 1.807) is 42.5 Å². The lowest BCUT2D eigenvalue weighted by atomic mass is 10.2. The van der Waals surface area contributed by atoms with Crippen LogP contribution >= 0.6 is 11.6 Å². The van der Waals surface area contributed by atoms with Crippen LogP contribution in [0.15, 0.2) is 57.7 Å². The van der Waals surface area contributed by atoms with E-state index in [1.165, 1.54) is 6.07 Å². The minimum Gasteiger partial charge on any atom is -0.508 e. The second kappa shape index (κ2) is 5.50. The molecule has 3 rings (SSSR count). The van der Waals surface area contributed by atoms with E-state index in [1.807, 2.05) is 0 Å². The Labute approximate surface area is 125 Å². The molecule has 21 heavy (non-hydrogen) atoms. The molecule has 0 bridgehead atoms. The lowest BCUT2D eigenvalue weighted by Crippen LogP contribution is -2.05. The average molecular weight is 302 g/mol. The highest BCUT2D eigenvalue weighted by atomic mass is 35.5. The third-order valence-corrected chi connectivity index (χ3v) is 3.41. The first-order chi connectivity index (χ1) is 10.1. The lowest BCUT2D eigenvalue weighted by molar-refractivity contribution is 0.475. The van der Waals surface area contributed by atoms with Crippen molar-refractivity contribution in [3.63, 3.8) is 0 Å². The zero-order valence-corrected chi connectivity index (χ0v) is 11.7. The van der Waals surface area contributed by atoms with Crippen LogP contribution in [0, 0.1) is 0 Å². The van der Waals surface area contributed by atoms with Gasteiger partial charge >= 0.3 is 0 Å². The van der Waals surface area contributed by atoms with Gasteiger partial charge in [-0.25, -0.2) is 0 Å². The quantitative estimate of drug-likeness (QED) is 0.773. The monoisotopic (exact) mass is 301 g/mol. The van der Waals surface area contributed by atoms with E-state index in [-0.39, 0.29) is 11.2 Å². The molecule has 4 nitrogen and oxygen atoms in total. The van der Waals surface area contributed by atoms with E-state index in [0.717, 1.165) is 5.56 Å². The van der Waals surface area contributed by atoms with Gasteiger partial charge in [0.15, 0.2) is 16.9 Å². The second-order valence-corrected chi connectivity index (χ2v) is 5.02. The van der Waals surface area contributed by atoms with E-state index in [9.17, 15) is 9.90 Å². The molecular weight excluding hydrogens is 290 g/mol. The van der Waals surface area contributed by atoms with Gasteiger partial charge in [-0.3, -0.25) is 4.79 Å². The summed E-state index contributed by atoms with van der Waals surface area (Å²) in [5, 5.41) is 13.1. The van der Waals surface area contributed by atoms with Crippen LogP contribution in [-0.2, 0) is 6.54 Å². The van der Waals surface area contributed by atoms with Crippen LogP contribution in [0.25, 0.3) is 11.0 Å². The molecule has 5 heteroatoms. The van der Waals surface area contributed by atoms with Crippen LogP contribution in [-0.4, -0.2) is 5.11 Å². The van der Waals surface area contributed by atoms with Gasteiger partial charge in [0, 0.05) is 12.6 Å². The molecule has 2 N–H and O–H groups in total. The summed E-state index contributed by atoms with van der Waals surface area (Å²) in [6.45, 7) is 0.471. The number of para-hydroxylation sites is 1. The Morgan fingerprint density at radius 3 is 2.67 bits per heavy atom. The highest BCUT2D eigenvalue weighted by Crippen LogP contribution is 2.24. The van der Waals surface area contributed by atoms with Gasteiger partial charge in [0.05, 0.1) is 10.4 Å². The summed E-state index contributed by atoms with van der Waals surface area (Å²) >= 11 is 6.05. The van der Waals surface area contributed by atoms with Crippen LogP contribution in [0.5, 0.6) is 5.75 Å². The van der Waals surface area contributed by atoms with Crippen molar-refractivity contribution in [3.05, 3.63) is 69.3 Å². The summed E-state index contributed by atoms with van der Waals surface area (Å²) in [6.07, 6.45) is 0. The molecule has 2 aromatic carbocycles. The van der Waals surface area contributed by atoms with Gasteiger partial charge < -0.3 is 14.8 Å². The van der Waals surface area contributed by atoms with Gasteiger partial charge in [-0.1, -0.05) is 29.8 Å². The molecule has 0 aliphatic carbocycles. The molecule has 0 spiro atoms. The van der Waals surface area contributed by atoms with Crippen molar-refractivity contribution in [1.82, 2.24) is 0 Å². The fourth-order valence-electron chi connectivity index (χ4n) is 2.03. The fourth-order valence-corrected chi connectivity index (χ4v) is 2.25. The standard InChI is InChI=1S/C16H12ClNO3/c17-13-3-1-2-12-14(20)8-15(21-16(12)13)18-9-10-4-6-11(19)7-5-10/h1-8,18-19H,9H2. The Balaban J connectivity index is 1.89. The number of fused-ring (bicyclic) bond motifs is 1. The molecule has 0 fully saturated rings. The first-order valence-corrected chi connectivity index (χ1v) is 6.75. The summed E-state index contributed by atoms with van der Waals surface area (Å²) in [6, 6.07) is 13.2. The number of phenolic OH excluding ortho intramolecular Hbond substituents is 1. The number of phenols is 1. The van der Waals surface area contributed by atoms with Crippen LogP contribution in [0.1, 0.15) is 5.56 Å². The SMILES string of the molecule is O=c1cc(NCc2ccc(O)cc2)oc2c(Cl)cccc12. The predicted octanol–water partition coefficient (Wildman–Crippen LogP) is 3.76. The Bertz CT molecular complexity index is 840. The fraction of sp³-hybridized carbons (Fsp3) is 0.0625. The number of anilines is 1. The Kier molecular flexibility index (Phi) is 3.54. The molecule has 0 saturated carbocycles. The van der Waals surface area contributed by atoms with Crippen molar-refractivity contribution >= 4 is 28.5 Å². The number of aromatic hydroxyl groups is 1. The summed E-state index contributed by atoms with van der Waals surface area (Å²) in [5.74, 6) is 0.566. The van der Waals surface area contributed by atoms with Gasteiger partial charge in [0.2, 0.25) is 0 Å². The number of hydrogen-bond acceptors (Lipinski definition) is 4. The van der Waals surface area contributed by atoms with E-state index >= 15 is 0 Å². The van der Waals surface area contributed by atoms with Crippen molar-refractivity contribution in [2.45, 2.75) is 6.54 Å². The molecule has 0 atom stereocenters. The lowest BCUT2D eigenvalue weighted by Gasteiger charge is -2.07. The number of hydrogen-bond donors (Lipinski definition) is 2. The molecule has 0 saturated heterocycles. The molecular formula is C16H12ClNO3. The smallest absolute Gasteiger partial charge is 0.197 e. The maximum absolute atomic E-state index is 12.0. The Morgan fingerprint density at radius 1 is 1.14 bits per heavy atom. The molecule has 1 heterocycles. The van der Waals surface area contributed by atoms with Gasteiger partial charge in [-0.2, -0.15) is 0 Å². The van der Waals surface area contributed by atoms with Crippen LogP contribution < -0.4 is 10.7 Å². The van der Waals surface area contributed by atoms with Crippen molar-refractivity contribution in [3.8, 4) is 5.75 Å². The van der Waals surface area contributed by atoms with E-state index in [0.29, 0.717) is 28.4 Å². The normalized spacial score (nSPS) is 10.7. The van der Waals surface area contributed by atoms with Crippen molar-refractivity contribution in [2.75, 3.05) is 5.32 Å². The third kappa shape index (κ3) is 2.85. The Morgan fingerprint density at radius 2 is 1.90 bits per heavy atom. The first kappa shape index (κ1) is 13.5. The van der Waals surface area contributed by atoms with Gasteiger partial charge in [-0.05, 0) is 29.8 Å². The molecule has 1 aromatic heterocycles. The van der Waals surface area contributed by atoms with Crippen LogP contribution in [0.4, 0.5) is 5.88 Å². The molecule has 3 aromatic rings. The van der Waals surface area contributed by atoms with Crippen LogP contribution in [0.3, 0.4) is 0 Å².